The normalized spacial score (nSPS) is 20.5. The third kappa shape index (κ3) is 4.07. The summed E-state index contributed by atoms with van der Waals surface area (Å²) >= 11 is 0. The molecule has 0 fully saturated rings. The molecule has 1 aliphatic carbocycles. The first-order valence-corrected chi connectivity index (χ1v) is 7.77. The van der Waals surface area contributed by atoms with Gasteiger partial charge in [0.05, 0.1) is 6.10 Å². The van der Waals surface area contributed by atoms with E-state index in [1.54, 1.807) is 6.07 Å². The van der Waals surface area contributed by atoms with Gasteiger partial charge < -0.3 is 15.2 Å². The summed E-state index contributed by atoms with van der Waals surface area (Å²) in [4.78, 5) is 0. The average molecular weight is 337 g/mol. The fraction of sp³-hybridized carbons (Fsp3) is 0.333. The third-order valence-electron chi connectivity index (χ3n) is 4.14. The van der Waals surface area contributed by atoms with Crippen LogP contribution in [0.25, 0.3) is 0 Å². The summed E-state index contributed by atoms with van der Waals surface area (Å²) in [5.74, 6) is -0.221. The summed E-state index contributed by atoms with van der Waals surface area (Å²) in [5.41, 5.74) is 2.66. The lowest BCUT2D eigenvalue weighted by Gasteiger charge is -2.29. The maximum absolute atomic E-state index is 12.3. The fourth-order valence-corrected chi connectivity index (χ4v) is 3.07. The van der Waals surface area contributed by atoms with Crippen molar-refractivity contribution in [3.05, 3.63) is 65.2 Å². The molecule has 6 heteroatoms. The van der Waals surface area contributed by atoms with Gasteiger partial charge in [0.1, 0.15) is 5.75 Å². The molecule has 128 valence electrons. The topological polar surface area (TPSA) is 41.5 Å². The van der Waals surface area contributed by atoms with Gasteiger partial charge in [-0.25, -0.2) is 0 Å². The van der Waals surface area contributed by atoms with E-state index in [1.165, 1.54) is 18.2 Å². The molecule has 1 aliphatic rings. The molecule has 2 unspecified atom stereocenters. The van der Waals surface area contributed by atoms with E-state index in [2.05, 4.69) is 10.1 Å². The molecule has 3 nitrogen and oxygen atoms in total. The van der Waals surface area contributed by atoms with Gasteiger partial charge in [-0.2, -0.15) is 0 Å². The average Bonchev–Trinajstić information content (AvgIpc) is 2.53. The third-order valence-corrected chi connectivity index (χ3v) is 4.14. The maximum Gasteiger partial charge on any atom is 0.573 e. The first-order valence-electron chi connectivity index (χ1n) is 7.77. The maximum atomic E-state index is 12.3. The van der Waals surface area contributed by atoms with E-state index in [0.717, 1.165) is 17.5 Å². The van der Waals surface area contributed by atoms with E-state index in [9.17, 15) is 18.3 Å². The number of hydrogen-bond donors (Lipinski definition) is 2. The molecule has 2 N–H and O–H groups in total. The van der Waals surface area contributed by atoms with E-state index < -0.39 is 12.5 Å². The molecule has 3 rings (SSSR count). The molecule has 0 heterocycles. The summed E-state index contributed by atoms with van der Waals surface area (Å²) in [6.07, 6.45) is -3.71. The summed E-state index contributed by atoms with van der Waals surface area (Å²) in [6, 6.07) is 13.7. The van der Waals surface area contributed by atoms with Gasteiger partial charge in [-0.15, -0.1) is 13.2 Å². The summed E-state index contributed by atoms with van der Waals surface area (Å²) in [7, 11) is 0. The highest BCUT2D eigenvalue weighted by atomic mass is 19.4. The minimum absolute atomic E-state index is 0.0665. The molecule has 0 aliphatic heterocycles. The lowest BCUT2D eigenvalue weighted by Crippen LogP contribution is -2.26. The van der Waals surface area contributed by atoms with Crippen LogP contribution in [0.3, 0.4) is 0 Å². The number of rotatable bonds is 4. The smallest absolute Gasteiger partial charge is 0.406 e. The first-order chi connectivity index (χ1) is 11.4. The summed E-state index contributed by atoms with van der Waals surface area (Å²) in [6.45, 7) is 0.421. The minimum atomic E-state index is -4.69. The van der Waals surface area contributed by atoms with Crippen LogP contribution in [-0.4, -0.2) is 11.5 Å². The Morgan fingerprint density at radius 3 is 2.54 bits per heavy atom. The standard InChI is InChI=1S/C18H18F3NO2/c19-18(20,21)24-13-5-3-4-12(10-13)11-22-16-8-9-17(23)15-7-2-1-6-14(15)16/h1-7,10,16-17,22-23H,8-9,11H2. The number of aliphatic hydroxyl groups is 1. The molecule has 0 saturated carbocycles. The highest BCUT2D eigenvalue weighted by molar-refractivity contribution is 5.34. The van der Waals surface area contributed by atoms with Crippen LogP contribution in [0.5, 0.6) is 5.75 Å². The van der Waals surface area contributed by atoms with Crippen molar-refractivity contribution in [2.24, 2.45) is 0 Å². The Labute approximate surface area is 138 Å². The second-order valence-electron chi connectivity index (χ2n) is 5.85. The zero-order valence-electron chi connectivity index (χ0n) is 12.9. The molecule has 2 atom stereocenters. The zero-order chi connectivity index (χ0) is 17.2. The van der Waals surface area contributed by atoms with Crippen molar-refractivity contribution in [2.45, 2.75) is 37.9 Å². The van der Waals surface area contributed by atoms with Gasteiger partial charge in [0.15, 0.2) is 0 Å². The van der Waals surface area contributed by atoms with Crippen LogP contribution in [0.2, 0.25) is 0 Å². The van der Waals surface area contributed by atoms with Crippen LogP contribution in [-0.2, 0) is 6.54 Å². The monoisotopic (exact) mass is 337 g/mol. The molecular weight excluding hydrogens is 319 g/mol. The van der Waals surface area contributed by atoms with Gasteiger partial charge in [-0.1, -0.05) is 36.4 Å². The van der Waals surface area contributed by atoms with Crippen molar-refractivity contribution < 1.29 is 23.0 Å². The molecule has 0 saturated heterocycles. The van der Waals surface area contributed by atoms with Crippen LogP contribution in [0.1, 0.15) is 41.7 Å². The SMILES string of the molecule is OC1CCC(NCc2cccc(OC(F)(F)F)c2)c2ccccc21. The minimum Gasteiger partial charge on any atom is -0.406 e. The number of halogens is 3. The van der Waals surface area contributed by atoms with E-state index >= 15 is 0 Å². The van der Waals surface area contributed by atoms with E-state index in [-0.39, 0.29) is 11.8 Å². The zero-order valence-corrected chi connectivity index (χ0v) is 12.9. The lowest BCUT2D eigenvalue weighted by molar-refractivity contribution is -0.274. The Morgan fingerprint density at radius 2 is 1.79 bits per heavy atom. The van der Waals surface area contributed by atoms with Crippen LogP contribution in [0, 0.1) is 0 Å². The van der Waals surface area contributed by atoms with Gasteiger partial charge in [0.25, 0.3) is 0 Å². The molecule has 0 spiro atoms. The van der Waals surface area contributed by atoms with Crippen LogP contribution in [0.4, 0.5) is 13.2 Å². The van der Waals surface area contributed by atoms with Crippen molar-refractivity contribution in [1.29, 1.82) is 0 Å². The Balaban J connectivity index is 1.68. The van der Waals surface area contributed by atoms with Gasteiger partial charge in [-0.05, 0) is 41.7 Å². The van der Waals surface area contributed by atoms with Crippen LogP contribution in [0.15, 0.2) is 48.5 Å². The second-order valence-corrected chi connectivity index (χ2v) is 5.85. The largest absolute Gasteiger partial charge is 0.573 e. The Bertz CT molecular complexity index is 703. The highest BCUT2D eigenvalue weighted by Gasteiger charge is 2.31. The van der Waals surface area contributed by atoms with Gasteiger partial charge in [0, 0.05) is 12.6 Å². The number of hydrogen-bond acceptors (Lipinski definition) is 3. The van der Waals surface area contributed by atoms with E-state index in [0.29, 0.717) is 18.5 Å². The van der Waals surface area contributed by atoms with Gasteiger partial charge in [-0.3, -0.25) is 0 Å². The predicted octanol–water partition coefficient (Wildman–Crippen LogP) is 4.24. The summed E-state index contributed by atoms with van der Waals surface area (Å²) < 4.78 is 40.8. The Kier molecular flexibility index (Phi) is 4.78. The Hall–Kier alpha value is -2.05. The molecule has 0 aromatic heterocycles. The van der Waals surface area contributed by atoms with Crippen LogP contribution < -0.4 is 10.1 Å². The molecule has 2 aromatic rings. The fourth-order valence-electron chi connectivity index (χ4n) is 3.07. The molecule has 0 amide bonds. The van der Waals surface area contributed by atoms with Crippen molar-refractivity contribution in [3.63, 3.8) is 0 Å². The first kappa shape index (κ1) is 16.8. The quantitative estimate of drug-likeness (QED) is 0.877. The van der Waals surface area contributed by atoms with E-state index in [4.69, 9.17) is 0 Å². The van der Waals surface area contributed by atoms with E-state index in [1.807, 2.05) is 24.3 Å². The Morgan fingerprint density at radius 1 is 1.04 bits per heavy atom. The van der Waals surface area contributed by atoms with Crippen LogP contribution >= 0.6 is 0 Å². The molecule has 24 heavy (non-hydrogen) atoms. The van der Waals surface area contributed by atoms with Gasteiger partial charge in [0.2, 0.25) is 0 Å². The molecule has 2 aromatic carbocycles. The van der Waals surface area contributed by atoms with Crippen molar-refractivity contribution in [3.8, 4) is 5.75 Å². The van der Waals surface area contributed by atoms with Gasteiger partial charge >= 0.3 is 6.36 Å². The molecular formula is C18H18F3NO2. The number of aliphatic hydroxyl groups excluding tert-OH is 1. The number of benzene rings is 2. The number of alkyl halides is 3. The number of nitrogens with one attached hydrogen (secondary N) is 1. The van der Waals surface area contributed by atoms with Crippen molar-refractivity contribution >= 4 is 0 Å². The number of fused-ring (bicyclic) bond motifs is 1. The molecule has 0 bridgehead atoms. The van der Waals surface area contributed by atoms with Crippen molar-refractivity contribution in [1.82, 2.24) is 5.32 Å². The number of ether oxygens (including phenoxy) is 1. The molecule has 0 radical (unpaired) electrons. The second kappa shape index (κ2) is 6.83. The summed E-state index contributed by atoms with van der Waals surface area (Å²) in [5, 5.41) is 13.4. The lowest BCUT2D eigenvalue weighted by atomic mass is 9.85. The van der Waals surface area contributed by atoms with Crippen molar-refractivity contribution in [2.75, 3.05) is 0 Å². The predicted molar refractivity (Wildman–Crippen MR) is 83.3 cm³/mol. The highest BCUT2D eigenvalue weighted by Crippen LogP contribution is 2.36.